The lowest BCUT2D eigenvalue weighted by Gasteiger charge is -1.83. The fourth-order valence-electron chi connectivity index (χ4n) is 0.920. The molecule has 4 nitrogen and oxygen atoms in total. The van der Waals surface area contributed by atoms with Crippen molar-refractivity contribution in [3.63, 3.8) is 0 Å². The standard InChI is InChI=1S/C6H4BrN3O/c7-4-1-3-5(10-4)8-2-9-6(3)11/h1-2H,(H2,8,9,10,11). The Bertz CT molecular complexity index is 444. The molecular weight excluding hydrogens is 210 g/mol. The minimum Gasteiger partial charge on any atom is -0.334 e. The van der Waals surface area contributed by atoms with Crippen LogP contribution in [0.1, 0.15) is 0 Å². The first-order valence-electron chi connectivity index (χ1n) is 2.99. The Morgan fingerprint density at radius 2 is 2.36 bits per heavy atom. The molecule has 0 aliphatic heterocycles. The molecule has 2 rings (SSSR count). The van der Waals surface area contributed by atoms with Crippen molar-refractivity contribution in [2.75, 3.05) is 0 Å². The van der Waals surface area contributed by atoms with Crippen LogP contribution < -0.4 is 5.56 Å². The fraction of sp³-hybridized carbons (Fsp3) is 0. The van der Waals surface area contributed by atoms with Gasteiger partial charge in [0.05, 0.1) is 16.3 Å². The molecule has 0 atom stereocenters. The van der Waals surface area contributed by atoms with Crippen LogP contribution >= 0.6 is 15.9 Å². The van der Waals surface area contributed by atoms with Crippen LogP contribution in [-0.2, 0) is 0 Å². The van der Waals surface area contributed by atoms with E-state index in [0.717, 1.165) is 4.60 Å². The van der Waals surface area contributed by atoms with E-state index in [2.05, 4.69) is 30.9 Å². The van der Waals surface area contributed by atoms with E-state index in [-0.39, 0.29) is 5.56 Å². The highest BCUT2D eigenvalue weighted by Gasteiger charge is 2.01. The average molecular weight is 214 g/mol. The van der Waals surface area contributed by atoms with E-state index in [1.165, 1.54) is 6.33 Å². The maximum atomic E-state index is 11.1. The summed E-state index contributed by atoms with van der Waals surface area (Å²) in [6.07, 6.45) is 1.37. The largest absolute Gasteiger partial charge is 0.334 e. The summed E-state index contributed by atoms with van der Waals surface area (Å²) in [6, 6.07) is 1.70. The second-order valence-corrected chi connectivity index (χ2v) is 2.97. The topological polar surface area (TPSA) is 61.5 Å². The lowest BCUT2D eigenvalue weighted by molar-refractivity contribution is 1.16. The molecule has 11 heavy (non-hydrogen) atoms. The number of rotatable bonds is 0. The molecule has 0 aromatic carbocycles. The van der Waals surface area contributed by atoms with Crippen LogP contribution in [0.3, 0.4) is 0 Å². The zero-order chi connectivity index (χ0) is 7.84. The molecule has 0 aliphatic rings. The third-order valence-corrected chi connectivity index (χ3v) is 1.83. The minimum absolute atomic E-state index is 0.128. The molecule has 56 valence electrons. The number of aromatic amines is 2. The quantitative estimate of drug-likeness (QED) is 0.687. The predicted molar refractivity (Wildman–Crippen MR) is 44.4 cm³/mol. The molecule has 2 heterocycles. The van der Waals surface area contributed by atoms with Crippen molar-refractivity contribution in [1.82, 2.24) is 15.0 Å². The first kappa shape index (κ1) is 6.60. The Balaban J connectivity index is 3.02. The molecule has 0 fully saturated rings. The lowest BCUT2D eigenvalue weighted by Crippen LogP contribution is -2.04. The van der Waals surface area contributed by atoms with Gasteiger partial charge >= 0.3 is 0 Å². The highest BCUT2D eigenvalue weighted by atomic mass is 79.9. The maximum Gasteiger partial charge on any atom is 0.260 e. The number of hydrogen-bond donors (Lipinski definition) is 2. The summed E-state index contributed by atoms with van der Waals surface area (Å²) in [5.41, 5.74) is 0.470. The third kappa shape index (κ3) is 0.970. The van der Waals surface area contributed by atoms with Crippen molar-refractivity contribution >= 4 is 27.0 Å². The molecule has 0 radical (unpaired) electrons. The summed E-state index contributed by atoms with van der Waals surface area (Å²) in [6.45, 7) is 0. The molecule has 0 spiro atoms. The highest BCUT2D eigenvalue weighted by Crippen LogP contribution is 2.12. The Labute approximate surface area is 69.8 Å². The van der Waals surface area contributed by atoms with Crippen LogP contribution in [0.4, 0.5) is 0 Å². The lowest BCUT2D eigenvalue weighted by atomic mass is 10.4. The van der Waals surface area contributed by atoms with E-state index in [1.807, 2.05) is 0 Å². The van der Waals surface area contributed by atoms with Crippen molar-refractivity contribution in [2.45, 2.75) is 0 Å². The number of hydrogen-bond acceptors (Lipinski definition) is 2. The van der Waals surface area contributed by atoms with Gasteiger partial charge in [-0.05, 0) is 22.0 Å². The van der Waals surface area contributed by atoms with Gasteiger partial charge in [0.1, 0.15) is 5.65 Å². The smallest absolute Gasteiger partial charge is 0.260 e. The van der Waals surface area contributed by atoms with E-state index in [4.69, 9.17) is 0 Å². The number of aromatic nitrogens is 3. The van der Waals surface area contributed by atoms with Gasteiger partial charge in [-0.15, -0.1) is 0 Å². The van der Waals surface area contributed by atoms with Gasteiger partial charge in [-0.2, -0.15) is 0 Å². The van der Waals surface area contributed by atoms with Gasteiger partial charge in [-0.1, -0.05) is 0 Å². The Hall–Kier alpha value is -1.10. The maximum absolute atomic E-state index is 11.1. The highest BCUT2D eigenvalue weighted by molar-refractivity contribution is 9.10. The van der Waals surface area contributed by atoms with Gasteiger partial charge in [-0.3, -0.25) is 4.79 Å². The zero-order valence-electron chi connectivity index (χ0n) is 5.39. The van der Waals surface area contributed by atoms with Crippen LogP contribution in [0.15, 0.2) is 21.8 Å². The van der Waals surface area contributed by atoms with Gasteiger partial charge in [0.15, 0.2) is 0 Å². The Morgan fingerprint density at radius 3 is 3.09 bits per heavy atom. The van der Waals surface area contributed by atoms with Gasteiger partial charge < -0.3 is 9.97 Å². The molecular formula is C6H4BrN3O. The van der Waals surface area contributed by atoms with Crippen LogP contribution in [0.2, 0.25) is 0 Å². The van der Waals surface area contributed by atoms with Crippen LogP contribution in [0.5, 0.6) is 0 Å². The molecule has 5 heteroatoms. The molecule has 0 saturated carbocycles. The number of fused-ring (bicyclic) bond motifs is 1. The fourth-order valence-corrected chi connectivity index (χ4v) is 1.34. The van der Waals surface area contributed by atoms with Crippen molar-refractivity contribution in [2.24, 2.45) is 0 Å². The molecule has 0 amide bonds. The summed E-state index contributed by atoms with van der Waals surface area (Å²) in [5.74, 6) is 0. The van der Waals surface area contributed by atoms with Gasteiger partial charge in [0.2, 0.25) is 0 Å². The Morgan fingerprint density at radius 1 is 1.55 bits per heavy atom. The molecule has 0 aliphatic carbocycles. The summed E-state index contributed by atoms with van der Waals surface area (Å²) < 4.78 is 0.761. The van der Waals surface area contributed by atoms with E-state index in [9.17, 15) is 4.79 Å². The van der Waals surface area contributed by atoms with Gasteiger partial charge in [-0.25, -0.2) is 4.98 Å². The van der Waals surface area contributed by atoms with Crippen molar-refractivity contribution < 1.29 is 0 Å². The van der Waals surface area contributed by atoms with E-state index in [1.54, 1.807) is 6.07 Å². The number of H-pyrrole nitrogens is 2. The summed E-state index contributed by atoms with van der Waals surface area (Å²) >= 11 is 3.21. The van der Waals surface area contributed by atoms with E-state index < -0.39 is 0 Å². The summed E-state index contributed by atoms with van der Waals surface area (Å²) in [5, 5.41) is 0.569. The van der Waals surface area contributed by atoms with Crippen molar-refractivity contribution in [1.29, 1.82) is 0 Å². The summed E-state index contributed by atoms with van der Waals surface area (Å²) in [4.78, 5) is 20.3. The van der Waals surface area contributed by atoms with E-state index in [0.29, 0.717) is 11.0 Å². The zero-order valence-corrected chi connectivity index (χ0v) is 6.97. The molecule has 2 aromatic heterocycles. The minimum atomic E-state index is -0.128. The molecule has 0 saturated heterocycles. The first-order valence-corrected chi connectivity index (χ1v) is 3.78. The van der Waals surface area contributed by atoms with Crippen LogP contribution in [-0.4, -0.2) is 15.0 Å². The number of halogens is 1. The normalized spacial score (nSPS) is 10.6. The molecule has 2 aromatic rings. The van der Waals surface area contributed by atoms with E-state index >= 15 is 0 Å². The average Bonchev–Trinajstić information content (AvgIpc) is 2.31. The van der Waals surface area contributed by atoms with Crippen molar-refractivity contribution in [3.8, 4) is 0 Å². The summed E-state index contributed by atoms with van der Waals surface area (Å²) in [7, 11) is 0. The predicted octanol–water partition coefficient (Wildman–Crippen LogP) is 1.01. The molecule has 2 N–H and O–H groups in total. The van der Waals surface area contributed by atoms with Gasteiger partial charge in [0, 0.05) is 0 Å². The molecule has 0 unspecified atom stereocenters. The first-order chi connectivity index (χ1) is 5.27. The third-order valence-electron chi connectivity index (χ3n) is 1.40. The van der Waals surface area contributed by atoms with Gasteiger partial charge in [0.25, 0.3) is 5.56 Å². The van der Waals surface area contributed by atoms with Crippen molar-refractivity contribution in [3.05, 3.63) is 27.4 Å². The SMILES string of the molecule is O=c1[nH]cnc2[nH]c(Br)cc12. The monoisotopic (exact) mass is 213 g/mol. The second kappa shape index (κ2) is 2.20. The van der Waals surface area contributed by atoms with Crippen LogP contribution in [0.25, 0.3) is 11.0 Å². The molecule has 0 bridgehead atoms. The van der Waals surface area contributed by atoms with Crippen LogP contribution in [0, 0.1) is 0 Å². The number of nitrogens with one attached hydrogen (secondary N) is 2. The second-order valence-electron chi connectivity index (χ2n) is 2.11. The number of nitrogens with zero attached hydrogens (tertiary/aromatic N) is 1. The Kier molecular flexibility index (Phi) is 1.32.